The van der Waals surface area contributed by atoms with Gasteiger partial charge in [0.2, 0.25) is 0 Å². The Morgan fingerprint density at radius 3 is 2.51 bits per heavy atom. The van der Waals surface area contributed by atoms with Gasteiger partial charge in [-0.15, -0.1) is 0 Å². The third kappa shape index (κ3) is 4.91. The molecule has 2 atom stereocenters. The number of ether oxygens (including phenoxy) is 2. The second kappa shape index (κ2) is 10.5. The van der Waals surface area contributed by atoms with Crippen LogP contribution >= 0.6 is 0 Å². The van der Waals surface area contributed by atoms with Gasteiger partial charge in [-0.2, -0.15) is 0 Å². The molecule has 7 nitrogen and oxygen atoms in total. The lowest BCUT2D eigenvalue weighted by Crippen LogP contribution is -2.33. The highest BCUT2D eigenvalue weighted by Gasteiger charge is 2.45. The Morgan fingerprint density at radius 1 is 1.14 bits per heavy atom. The number of Topliss-reactive ketones (excluding diaryl/α,β-unsaturated/α-hetero) is 1. The van der Waals surface area contributed by atoms with Gasteiger partial charge >= 0.3 is 0 Å². The second-order valence-corrected chi connectivity index (χ2v) is 9.10. The quantitative estimate of drug-likeness (QED) is 0.331. The number of carbonyl (C=O) groups is 2. The van der Waals surface area contributed by atoms with Crippen molar-refractivity contribution in [1.82, 2.24) is 9.80 Å². The van der Waals surface area contributed by atoms with E-state index in [2.05, 4.69) is 18.7 Å². The number of aliphatic hydroxyl groups excluding tert-OH is 1. The van der Waals surface area contributed by atoms with E-state index >= 15 is 0 Å². The lowest BCUT2D eigenvalue weighted by Gasteiger charge is -2.27. The van der Waals surface area contributed by atoms with Crippen LogP contribution < -0.4 is 9.47 Å². The Balaban J connectivity index is 1.73. The molecule has 2 aromatic carbocycles. The van der Waals surface area contributed by atoms with Crippen molar-refractivity contribution in [3.8, 4) is 11.5 Å². The van der Waals surface area contributed by atoms with Gasteiger partial charge in [-0.3, -0.25) is 9.59 Å². The van der Waals surface area contributed by atoms with E-state index in [-0.39, 0.29) is 17.4 Å². The van der Waals surface area contributed by atoms with Crippen molar-refractivity contribution >= 4 is 17.4 Å². The van der Waals surface area contributed by atoms with Crippen LogP contribution in [0.15, 0.2) is 48.0 Å². The summed E-state index contributed by atoms with van der Waals surface area (Å²) in [6, 6.07) is 12.0. The smallest absolute Gasteiger partial charge is 0.295 e. The lowest BCUT2D eigenvalue weighted by molar-refractivity contribution is -0.140. The number of hydrogen-bond acceptors (Lipinski definition) is 6. The van der Waals surface area contributed by atoms with Crippen LogP contribution in [0.1, 0.15) is 49.9 Å². The van der Waals surface area contributed by atoms with E-state index in [4.69, 9.17) is 9.47 Å². The molecule has 7 heteroatoms. The highest BCUT2D eigenvalue weighted by atomic mass is 16.5. The third-order valence-corrected chi connectivity index (χ3v) is 6.91. The number of nitrogens with zero attached hydrogens (tertiary/aromatic N) is 2. The number of amides is 1. The highest BCUT2D eigenvalue weighted by Crippen LogP contribution is 2.41. The molecule has 35 heavy (non-hydrogen) atoms. The Kier molecular flexibility index (Phi) is 7.45. The number of aliphatic hydroxyl groups is 1. The minimum absolute atomic E-state index is 0.0677. The Labute approximate surface area is 206 Å². The van der Waals surface area contributed by atoms with Crippen molar-refractivity contribution in [2.45, 2.75) is 45.8 Å². The number of methoxy groups -OCH3 is 1. The molecule has 0 radical (unpaired) electrons. The van der Waals surface area contributed by atoms with Crippen molar-refractivity contribution < 1.29 is 24.2 Å². The number of carbonyl (C=O) groups excluding carboxylic acids is 2. The normalized spacial score (nSPS) is 20.9. The van der Waals surface area contributed by atoms with Crippen LogP contribution in [-0.2, 0) is 16.0 Å². The maximum Gasteiger partial charge on any atom is 0.295 e. The topological polar surface area (TPSA) is 79.3 Å². The van der Waals surface area contributed by atoms with E-state index < -0.39 is 17.7 Å². The third-order valence-electron chi connectivity index (χ3n) is 6.91. The van der Waals surface area contributed by atoms with Gasteiger partial charge in [0.25, 0.3) is 11.7 Å². The first-order valence-electron chi connectivity index (χ1n) is 12.3. The Hall–Kier alpha value is -3.32. The molecule has 0 unspecified atom stereocenters. The lowest BCUT2D eigenvalue weighted by atomic mass is 9.94. The molecule has 0 spiro atoms. The number of rotatable bonds is 9. The zero-order chi connectivity index (χ0) is 25.1. The Morgan fingerprint density at radius 2 is 1.86 bits per heavy atom. The van der Waals surface area contributed by atoms with Gasteiger partial charge in [0.05, 0.1) is 18.7 Å². The van der Waals surface area contributed by atoms with Crippen molar-refractivity contribution in [2.24, 2.45) is 0 Å². The maximum absolute atomic E-state index is 13.3. The van der Waals surface area contributed by atoms with Crippen LogP contribution in [0.2, 0.25) is 0 Å². The molecule has 186 valence electrons. The predicted molar refractivity (Wildman–Crippen MR) is 135 cm³/mol. The summed E-state index contributed by atoms with van der Waals surface area (Å²) in [6.45, 7) is 9.31. The van der Waals surface area contributed by atoms with E-state index in [0.717, 1.165) is 49.4 Å². The second-order valence-electron chi connectivity index (χ2n) is 9.10. The molecule has 0 saturated carbocycles. The first-order chi connectivity index (χ1) is 16.9. The van der Waals surface area contributed by atoms with Gasteiger partial charge in [-0.1, -0.05) is 26.0 Å². The summed E-state index contributed by atoms with van der Waals surface area (Å²) < 4.78 is 11.1. The van der Waals surface area contributed by atoms with Crippen molar-refractivity contribution in [1.29, 1.82) is 0 Å². The summed E-state index contributed by atoms with van der Waals surface area (Å²) in [5.41, 5.74) is 2.37. The molecule has 2 heterocycles. The standard InChI is InChI=1S/C28H34N2O5/c1-5-29(6-2)14-7-15-30-25(19-8-11-22(34-4)12-9-19)24(27(32)28(30)33)26(31)20-10-13-23-21(17-20)16-18(3)35-23/h8-13,17-18,25,31H,5-7,14-16H2,1-4H3/t18-,25+/m1/s1. The molecule has 1 saturated heterocycles. The fourth-order valence-corrected chi connectivity index (χ4v) is 4.97. The summed E-state index contributed by atoms with van der Waals surface area (Å²) in [5, 5.41) is 11.4. The predicted octanol–water partition coefficient (Wildman–Crippen LogP) is 4.17. The number of benzene rings is 2. The minimum Gasteiger partial charge on any atom is -0.507 e. The molecular weight excluding hydrogens is 444 g/mol. The van der Waals surface area contributed by atoms with Crippen molar-refractivity contribution in [2.75, 3.05) is 33.3 Å². The zero-order valence-electron chi connectivity index (χ0n) is 20.9. The molecule has 1 amide bonds. The Bertz CT molecular complexity index is 1120. The van der Waals surface area contributed by atoms with Crippen LogP contribution in [0.25, 0.3) is 5.76 Å². The SMILES string of the molecule is CCN(CC)CCCN1C(=O)C(=O)C(=C(O)c2ccc3c(c2)C[C@@H](C)O3)[C@@H]1c1ccc(OC)cc1. The molecule has 2 aliphatic rings. The summed E-state index contributed by atoms with van der Waals surface area (Å²) in [6.07, 6.45) is 1.53. The van der Waals surface area contributed by atoms with E-state index in [0.29, 0.717) is 17.9 Å². The molecule has 0 aromatic heterocycles. The van der Waals surface area contributed by atoms with Crippen LogP contribution in [-0.4, -0.2) is 66.0 Å². The summed E-state index contributed by atoms with van der Waals surface area (Å²) >= 11 is 0. The monoisotopic (exact) mass is 478 g/mol. The van der Waals surface area contributed by atoms with E-state index in [1.807, 2.05) is 31.2 Å². The fraction of sp³-hybridized carbons (Fsp3) is 0.429. The molecular formula is C28H34N2O5. The van der Waals surface area contributed by atoms with E-state index in [1.165, 1.54) is 0 Å². The molecule has 2 aliphatic heterocycles. The van der Waals surface area contributed by atoms with Gasteiger partial charge in [0.1, 0.15) is 23.4 Å². The van der Waals surface area contributed by atoms with Gasteiger partial charge in [0.15, 0.2) is 0 Å². The van der Waals surface area contributed by atoms with Crippen molar-refractivity contribution in [3.05, 3.63) is 64.7 Å². The molecule has 0 aliphatic carbocycles. The molecule has 1 fully saturated rings. The van der Waals surface area contributed by atoms with Crippen LogP contribution in [0.4, 0.5) is 0 Å². The molecule has 4 rings (SSSR count). The van der Waals surface area contributed by atoms with Crippen LogP contribution in [0.5, 0.6) is 11.5 Å². The van der Waals surface area contributed by atoms with Gasteiger partial charge in [-0.05, 0) is 74.4 Å². The fourth-order valence-electron chi connectivity index (χ4n) is 4.97. The number of likely N-dealkylation sites (tertiary alicyclic amines) is 1. The van der Waals surface area contributed by atoms with Gasteiger partial charge in [-0.25, -0.2) is 0 Å². The first-order valence-corrected chi connectivity index (χ1v) is 12.3. The van der Waals surface area contributed by atoms with Gasteiger partial charge < -0.3 is 24.4 Å². The largest absolute Gasteiger partial charge is 0.507 e. The van der Waals surface area contributed by atoms with E-state index in [1.54, 1.807) is 30.2 Å². The molecule has 0 bridgehead atoms. The van der Waals surface area contributed by atoms with Crippen molar-refractivity contribution in [3.63, 3.8) is 0 Å². The highest BCUT2D eigenvalue weighted by molar-refractivity contribution is 6.46. The molecule has 2 aromatic rings. The summed E-state index contributed by atoms with van der Waals surface area (Å²) in [5.74, 6) is 0.0802. The average molecular weight is 479 g/mol. The van der Waals surface area contributed by atoms with Crippen LogP contribution in [0, 0.1) is 0 Å². The van der Waals surface area contributed by atoms with Gasteiger partial charge in [0, 0.05) is 18.5 Å². The number of fused-ring (bicyclic) bond motifs is 1. The van der Waals surface area contributed by atoms with E-state index in [9.17, 15) is 14.7 Å². The summed E-state index contributed by atoms with van der Waals surface area (Å²) in [7, 11) is 1.59. The minimum atomic E-state index is -0.666. The number of hydrogen-bond donors (Lipinski definition) is 1. The maximum atomic E-state index is 13.3. The average Bonchev–Trinajstić information content (AvgIpc) is 3.37. The first kappa shape index (κ1) is 24.8. The zero-order valence-corrected chi connectivity index (χ0v) is 20.9. The molecule has 1 N–H and O–H groups in total. The van der Waals surface area contributed by atoms with Crippen LogP contribution in [0.3, 0.4) is 0 Å². The summed E-state index contributed by atoms with van der Waals surface area (Å²) in [4.78, 5) is 30.3. The number of ketones is 1.